The first-order valence-corrected chi connectivity index (χ1v) is 4.30. The van der Waals surface area contributed by atoms with Crippen LogP contribution in [0, 0.1) is 0 Å². The van der Waals surface area contributed by atoms with E-state index in [4.69, 9.17) is 15.2 Å². The normalized spacial score (nSPS) is 32.2. The summed E-state index contributed by atoms with van der Waals surface area (Å²) in [6.45, 7) is 4.23. The van der Waals surface area contributed by atoms with Crippen molar-refractivity contribution in [3.63, 3.8) is 0 Å². The molecule has 0 amide bonds. The third kappa shape index (κ3) is 2.77. The molecule has 3 nitrogen and oxygen atoms in total. The molecule has 0 aliphatic carbocycles. The lowest BCUT2D eigenvalue weighted by molar-refractivity contribution is -0.0657. The van der Waals surface area contributed by atoms with Crippen LogP contribution in [0.1, 0.15) is 19.8 Å². The summed E-state index contributed by atoms with van der Waals surface area (Å²) < 4.78 is 10.9. The van der Waals surface area contributed by atoms with Crippen LogP contribution in [0.25, 0.3) is 0 Å². The minimum Gasteiger partial charge on any atom is -0.378 e. The van der Waals surface area contributed by atoms with Gasteiger partial charge in [-0.2, -0.15) is 0 Å². The summed E-state index contributed by atoms with van der Waals surface area (Å²) in [5, 5.41) is 0. The Balaban J connectivity index is 2.21. The molecule has 11 heavy (non-hydrogen) atoms. The van der Waals surface area contributed by atoms with Crippen molar-refractivity contribution in [2.24, 2.45) is 5.73 Å². The summed E-state index contributed by atoms with van der Waals surface area (Å²) in [4.78, 5) is 0. The van der Waals surface area contributed by atoms with E-state index < -0.39 is 0 Å². The van der Waals surface area contributed by atoms with Gasteiger partial charge in [0.15, 0.2) is 0 Å². The van der Waals surface area contributed by atoms with Gasteiger partial charge >= 0.3 is 0 Å². The van der Waals surface area contributed by atoms with Gasteiger partial charge in [0.2, 0.25) is 0 Å². The fourth-order valence-electron chi connectivity index (χ4n) is 1.40. The van der Waals surface area contributed by atoms with Crippen molar-refractivity contribution in [3.8, 4) is 0 Å². The van der Waals surface area contributed by atoms with Crippen LogP contribution in [0.2, 0.25) is 0 Å². The molecule has 2 unspecified atom stereocenters. The molecule has 1 saturated heterocycles. The number of hydrogen-bond donors (Lipinski definition) is 1. The lowest BCUT2D eigenvalue weighted by Gasteiger charge is -2.28. The van der Waals surface area contributed by atoms with Gasteiger partial charge in [-0.3, -0.25) is 0 Å². The van der Waals surface area contributed by atoms with Crippen molar-refractivity contribution in [1.82, 2.24) is 0 Å². The Labute approximate surface area is 67.9 Å². The Hall–Kier alpha value is -0.120. The van der Waals surface area contributed by atoms with Gasteiger partial charge in [0.05, 0.1) is 12.2 Å². The fraction of sp³-hybridized carbons (Fsp3) is 1.00. The summed E-state index contributed by atoms with van der Waals surface area (Å²) in [7, 11) is 0. The summed E-state index contributed by atoms with van der Waals surface area (Å²) in [5.41, 5.74) is 5.48. The zero-order valence-corrected chi connectivity index (χ0v) is 7.08. The van der Waals surface area contributed by atoms with Crippen LogP contribution in [0.15, 0.2) is 0 Å². The van der Waals surface area contributed by atoms with Crippen LogP contribution in [0.5, 0.6) is 0 Å². The number of nitrogens with two attached hydrogens (primary N) is 1. The predicted molar refractivity (Wildman–Crippen MR) is 43.4 cm³/mol. The van der Waals surface area contributed by atoms with E-state index in [1.807, 2.05) is 6.92 Å². The Morgan fingerprint density at radius 3 is 3.09 bits per heavy atom. The van der Waals surface area contributed by atoms with E-state index in [1.54, 1.807) is 0 Å². The predicted octanol–water partition coefficient (Wildman–Crippen LogP) is 0.529. The first-order valence-electron chi connectivity index (χ1n) is 4.30. The Bertz CT molecular complexity index is 106. The Kier molecular flexibility index (Phi) is 3.83. The summed E-state index contributed by atoms with van der Waals surface area (Å²) in [6, 6.07) is 0. The van der Waals surface area contributed by atoms with E-state index in [0.717, 1.165) is 26.1 Å². The highest BCUT2D eigenvalue weighted by Crippen LogP contribution is 2.15. The minimum absolute atomic E-state index is 0.222. The molecule has 1 aliphatic rings. The van der Waals surface area contributed by atoms with E-state index in [1.165, 1.54) is 0 Å². The molecular weight excluding hydrogens is 142 g/mol. The number of ether oxygens (including phenoxy) is 2. The third-order valence-corrected chi connectivity index (χ3v) is 1.98. The molecule has 1 heterocycles. The second-order valence-electron chi connectivity index (χ2n) is 2.83. The van der Waals surface area contributed by atoms with Gasteiger partial charge in [-0.05, 0) is 13.3 Å². The quantitative estimate of drug-likeness (QED) is 0.653. The highest BCUT2D eigenvalue weighted by atomic mass is 16.5. The highest BCUT2D eigenvalue weighted by molar-refractivity contribution is 4.72. The number of hydrogen-bond acceptors (Lipinski definition) is 3. The van der Waals surface area contributed by atoms with Crippen molar-refractivity contribution in [2.75, 3.05) is 19.8 Å². The first kappa shape index (κ1) is 8.97. The highest BCUT2D eigenvalue weighted by Gasteiger charge is 2.21. The number of rotatable bonds is 3. The third-order valence-electron chi connectivity index (χ3n) is 1.98. The van der Waals surface area contributed by atoms with Crippen LogP contribution < -0.4 is 5.73 Å². The molecule has 1 rings (SSSR count). The standard InChI is InChI=1S/C8H17NO2/c1-2-10-7-3-4-11-8(5-7)6-9/h7-8H,2-6,9H2,1H3. The van der Waals surface area contributed by atoms with Crippen LogP contribution in [-0.4, -0.2) is 32.0 Å². The zero-order valence-electron chi connectivity index (χ0n) is 7.08. The average molecular weight is 159 g/mol. The lowest BCUT2D eigenvalue weighted by Crippen LogP contribution is -2.35. The fourth-order valence-corrected chi connectivity index (χ4v) is 1.40. The molecule has 2 N–H and O–H groups in total. The molecule has 0 spiro atoms. The molecule has 3 heteroatoms. The lowest BCUT2D eigenvalue weighted by atomic mass is 10.1. The van der Waals surface area contributed by atoms with Gasteiger partial charge < -0.3 is 15.2 Å². The minimum atomic E-state index is 0.222. The van der Waals surface area contributed by atoms with Crippen molar-refractivity contribution in [3.05, 3.63) is 0 Å². The smallest absolute Gasteiger partial charge is 0.0722 e. The Morgan fingerprint density at radius 2 is 2.45 bits per heavy atom. The largest absolute Gasteiger partial charge is 0.378 e. The average Bonchev–Trinajstić information content (AvgIpc) is 2.06. The zero-order chi connectivity index (χ0) is 8.10. The summed E-state index contributed by atoms with van der Waals surface area (Å²) >= 11 is 0. The Morgan fingerprint density at radius 1 is 1.64 bits per heavy atom. The maximum Gasteiger partial charge on any atom is 0.0722 e. The van der Waals surface area contributed by atoms with Crippen LogP contribution in [-0.2, 0) is 9.47 Å². The first-order chi connectivity index (χ1) is 5.36. The summed E-state index contributed by atoms with van der Waals surface area (Å²) in [5.74, 6) is 0. The molecule has 1 fully saturated rings. The SMILES string of the molecule is CCOC1CCOC(CN)C1. The van der Waals surface area contributed by atoms with Crippen molar-refractivity contribution in [1.29, 1.82) is 0 Å². The van der Waals surface area contributed by atoms with Crippen LogP contribution >= 0.6 is 0 Å². The van der Waals surface area contributed by atoms with Crippen molar-refractivity contribution < 1.29 is 9.47 Å². The molecule has 0 aromatic heterocycles. The van der Waals surface area contributed by atoms with E-state index in [2.05, 4.69) is 0 Å². The van der Waals surface area contributed by atoms with Crippen LogP contribution in [0.3, 0.4) is 0 Å². The molecule has 0 aromatic carbocycles. The second kappa shape index (κ2) is 4.70. The van der Waals surface area contributed by atoms with E-state index in [0.29, 0.717) is 12.6 Å². The van der Waals surface area contributed by atoms with Gasteiger partial charge in [-0.25, -0.2) is 0 Å². The van der Waals surface area contributed by atoms with E-state index in [-0.39, 0.29) is 6.10 Å². The summed E-state index contributed by atoms with van der Waals surface area (Å²) in [6.07, 6.45) is 2.58. The second-order valence-corrected chi connectivity index (χ2v) is 2.83. The van der Waals surface area contributed by atoms with Crippen LogP contribution in [0.4, 0.5) is 0 Å². The van der Waals surface area contributed by atoms with Gasteiger partial charge in [-0.1, -0.05) is 0 Å². The maximum atomic E-state index is 5.48. The molecule has 1 aliphatic heterocycles. The van der Waals surface area contributed by atoms with Gasteiger partial charge in [0.1, 0.15) is 0 Å². The van der Waals surface area contributed by atoms with Gasteiger partial charge in [0.25, 0.3) is 0 Å². The van der Waals surface area contributed by atoms with Crippen molar-refractivity contribution >= 4 is 0 Å². The molecule has 0 saturated carbocycles. The molecule has 66 valence electrons. The topological polar surface area (TPSA) is 44.5 Å². The monoisotopic (exact) mass is 159 g/mol. The molecular formula is C8H17NO2. The van der Waals surface area contributed by atoms with Gasteiger partial charge in [-0.15, -0.1) is 0 Å². The van der Waals surface area contributed by atoms with E-state index in [9.17, 15) is 0 Å². The molecule has 0 radical (unpaired) electrons. The van der Waals surface area contributed by atoms with Crippen molar-refractivity contribution in [2.45, 2.75) is 32.0 Å². The molecule has 2 atom stereocenters. The van der Waals surface area contributed by atoms with E-state index >= 15 is 0 Å². The molecule has 0 bridgehead atoms. The molecule has 0 aromatic rings. The maximum absolute atomic E-state index is 5.48. The van der Waals surface area contributed by atoms with Gasteiger partial charge in [0, 0.05) is 26.2 Å².